The molecule has 0 atom stereocenters. The number of nitrogens with two attached hydrogens (primary N) is 1. The van der Waals surface area contributed by atoms with E-state index in [2.05, 4.69) is 6.92 Å². The van der Waals surface area contributed by atoms with Crippen LogP contribution in [0.5, 0.6) is 0 Å². The lowest BCUT2D eigenvalue weighted by molar-refractivity contribution is 0.0688. The number of nitrogen functional groups attached to an aromatic ring is 1. The van der Waals surface area contributed by atoms with Crippen LogP contribution in [-0.2, 0) is 0 Å². The minimum atomic E-state index is 0.155. The first-order valence-corrected chi connectivity index (χ1v) is 6.77. The van der Waals surface area contributed by atoms with Crippen LogP contribution < -0.4 is 5.73 Å². The van der Waals surface area contributed by atoms with Crippen LogP contribution in [0.3, 0.4) is 0 Å². The molecule has 1 aliphatic rings. The van der Waals surface area contributed by atoms with Crippen LogP contribution in [0.4, 0.5) is 5.69 Å². The van der Waals surface area contributed by atoms with Crippen molar-refractivity contribution in [1.82, 2.24) is 4.90 Å². The number of hydrogen-bond donors (Lipinski definition) is 1. The molecular weight excluding hydrogens is 224 g/mol. The molecule has 2 N–H and O–H groups in total. The van der Waals surface area contributed by atoms with Crippen molar-refractivity contribution in [2.45, 2.75) is 33.1 Å². The maximum absolute atomic E-state index is 12.4. The van der Waals surface area contributed by atoms with Gasteiger partial charge < -0.3 is 10.6 Å². The van der Waals surface area contributed by atoms with Gasteiger partial charge in [0, 0.05) is 24.3 Å². The first-order chi connectivity index (χ1) is 8.61. The van der Waals surface area contributed by atoms with Gasteiger partial charge in [0.05, 0.1) is 0 Å². The Hall–Kier alpha value is -1.51. The fraction of sp³-hybridized carbons (Fsp3) is 0.533. The Labute approximate surface area is 109 Å². The standard InChI is InChI=1S/C15H22N2O/c1-3-12-6-8-17(9-7-12)15(18)14-5-4-13(16)10-11(14)2/h4-5,10,12H,3,6-9,16H2,1-2H3. The number of likely N-dealkylation sites (tertiary alicyclic amines) is 1. The van der Waals surface area contributed by atoms with E-state index < -0.39 is 0 Å². The number of benzene rings is 1. The lowest BCUT2D eigenvalue weighted by atomic mass is 9.94. The summed E-state index contributed by atoms with van der Waals surface area (Å²) < 4.78 is 0. The summed E-state index contributed by atoms with van der Waals surface area (Å²) in [6, 6.07) is 5.52. The van der Waals surface area contributed by atoms with Gasteiger partial charge in [0.25, 0.3) is 5.91 Å². The van der Waals surface area contributed by atoms with Gasteiger partial charge in [-0.1, -0.05) is 13.3 Å². The summed E-state index contributed by atoms with van der Waals surface area (Å²) in [5.41, 5.74) is 8.19. The topological polar surface area (TPSA) is 46.3 Å². The average Bonchev–Trinajstić information content (AvgIpc) is 2.38. The van der Waals surface area contributed by atoms with Gasteiger partial charge in [-0.15, -0.1) is 0 Å². The summed E-state index contributed by atoms with van der Waals surface area (Å²) in [6.07, 6.45) is 3.50. The van der Waals surface area contributed by atoms with Crippen molar-refractivity contribution in [3.8, 4) is 0 Å². The number of nitrogens with zero attached hydrogens (tertiary/aromatic N) is 1. The molecule has 0 radical (unpaired) electrons. The highest BCUT2D eigenvalue weighted by Gasteiger charge is 2.23. The third-order valence-electron chi connectivity index (χ3n) is 3.96. The highest BCUT2D eigenvalue weighted by atomic mass is 16.2. The Bertz CT molecular complexity index is 434. The third kappa shape index (κ3) is 2.66. The zero-order chi connectivity index (χ0) is 13.1. The summed E-state index contributed by atoms with van der Waals surface area (Å²) in [7, 11) is 0. The molecule has 18 heavy (non-hydrogen) atoms. The van der Waals surface area contributed by atoms with Crippen LogP contribution in [0.25, 0.3) is 0 Å². The first kappa shape index (κ1) is 12.9. The van der Waals surface area contributed by atoms with Crippen molar-refractivity contribution in [2.24, 2.45) is 5.92 Å². The number of carbonyl (C=O) groups excluding carboxylic acids is 1. The third-order valence-corrected chi connectivity index (χ3v) is 3.96. The molecule has 1 saturated heterocycles. The number of rotatable bonds is 2. The van der Waals surface area contributed by atoms with Crippen molar-refractivity contribution in [2.75, 3.05) is 18.8 Å². The lowest BCUT2D eigenvalue weighted by Crippen LogP contribution is -2.38. The number of amides is 1. The minimum absolute atomic E-state index is 0.155. The Morgan fingerprint density at radius 3 is 2.61 bits per heavy atom. The zero-order valence-corrected chi connectivity index (χ0v) is 11.3. The SMILES string of the molecule is CCC1CCN(C(=O)c2ccc(N)cc2C)CC1. The van der Waals surface area contributed by atoms with Crippen LogP contribution in [-0.4, -0.2) is 23.9 Å². The van der Waals surface area contributed by atoms with Crippen LogP contribution in [0.1, 0.15) is 42.1 Å². The van der Waals surface area contributed by atoms with E-state index in [-0.39, 0.29) is 5.91 Å². The highest BCUT2D eigenvalue weighted by Crippen LogP contribution is 2.22. The maximum Gasteiger partial charge on any atom is 0.254 e. The number of anilines is 1. The van der Waals surface area contributed by atoms with Crippen LogP contribution >= 0.6 is 0 Å². The van der Waals surface area contributed by atoms with E-state index in [1.165, 1.54) is 6.42 Å². The van der Waals surface area contributed by atoms with E-state index in [0.29, 0.717) is 5.69 Å². The molecule has 2 rings (SSSR count). The Morgan fingerprint density at radius 2 is 2.06 bits per heavy atom. The van der Waals surface area contributed by atoms with Gasteiger partial charge in [-0.25, -0.2) is 0 Å². The summed E-state index contributed by atoms with van der Waals surface area (Å²) in [5, 5.41) is 0. The predicted octanol–water partition coefficient (Wildman–Crippen LogP) is 2.84. The second kappa shape index (κ2) is 5.42. The Balaban J connectivity index is 2.08. The van der Waals surface area contributed by atoms with Crippen molar-refractivity contribution in [1.29, 1.82) is 0 Å². The molecule has 1 heterocycles. The second-order valence-electron chi connectivity index (χ2n) is 5.22. The van der Waals surface area contributed by atoms with E-state index >= 15 is 0 Å². The summed E-state index contributed by atoms with van der Waals surface area (Å²) >= 11 is 0. The summed E-state index contributed by atoms with van der Waals surface area (Å²) in [4.78, 5) is 14.4. The maximum atomic E-state index is 12.4. The quantitative estimate of drug-likeness (QED) is 0.816. The molecule has 0 spiro atoms. The molecule has 1 amide bonds. The normalized spacial score (nSPS) is 16.9. The van der Waals surface area contributed by atoms with Gasteiger partial charge in [-0.2, -0.15) is 0 Å². The summed E-state index contributed by atoms with van der Waals surface area (Å²) in [5.74, 6) is 0.948. The molecule has 0 saturated carbocycles. The van der Waals surface area contributed by atoms with Crippen molar-refractivity contribution in [3.05, 3.63) is 29.3 Å². The molecule has 1 aromatic rings. The second-order valence-corrected chi connectivity index (χ2v) is 5.22. The van der Waals surface area contributed by atoms with E-state index in [1.807, 2.05) is 24.0 Å². The van der Waals surface area contributed by atoms with E-state index in [9.17, 15) is 4.79 Å². The van der Waals surface area contributed by atoms with Gasteiger partial charge in [0.2, 0.25) is 0 Å². The monoisotopic (exact) mass is 246 g/mol. The first-order valence-electron chi connectivity index (χ1n) is 6.77. The lowest BCUT2D eigenvalue weighted by Gasteiger charge is -2.32. The predicted molar refractivity (Wildman–Crippen MR) is 74.5 cm³/mol. The smallest absolute Gasteiger partial charge is 0.254 e. The molecule has 1 aliphatic heterocycles. The van der Waals surface area contributed by atoms with Crippen molar-refractivity contribution >= 4 is 11.6 Å². The minimum Gasteiger partial charge on any atom is -0.399 e. The number of carbonyl (C=O) groups is 1. The van der Waals surface area contributed by atoms with Crippen LogP contribution in [0, 0.1) is 12.8 Å². The molecule has 0 bridgehead atoms. The molecule has 3 nitrogen and oxygen atoms in total. The van der Waals surface area contributed by atoms with E-state index in [4.69, 9.17) is 5.73 Å². The fourth-order valence-electron chi connectivity index (χ4n) is 2.64. The van der Waals surface area contributed by atoms with E-state index in [1.54, 1.807) is 6.07 Å². The molecule has 1 aromatic carbocycles. The van der Waals surface area contributed by atoms with Gasteiger partial charge in [-0.3, -0.25) is 4.79 Å². The van der Waals surface area contributed by atoms with Gasteiger partial charge in [-0.05, 0) is 49.4 Å². The van der Waals surface area contributed by atoms with Crippen molar-refractivity contribution in [3.63, 3.8) is 0 Å². The van der Waals surface area contributed by atoms with Crippen LogP contribution in [0.2, 0.25) is 0 Å². The number of piperidine rings is 1. The zero-order valence-electron chi connectivity index (χ0n) is 11.3. The molecule has 0 aliphatic carbocycles. The molecule has 3 heteroatoms. The van der Waals surface area contributed by atoms with Gasteiger partial charge in [0.15, 0.2) is 0 Å². The molecule has 98 valence electrons. The van der Waals surface area contributed by atoms with Crippen molar-refractivity contribution < 1.29 is 4.79 Å². The summed E-state index contributed by atoms with van der Waals surface area (Å²) in [6.45, 7) is 5.96. The largest absolute Gasteiger partial charge is 0.399 e. The Kier molecular flexibility index (Phi) is 3.90. The molecular formula is C15H22N2O. The van der Waals surface area contributed by atoms with Gasteiger partial charge in [0.1, 0.15) is 0 Å². The van der Waals surface area contributed by atoms with E-state index in [0.717, 1.165) is 43.0 Å². The average molecular weight is 246 g/mol. The number of aryl methyl sites for hydroxylation is 1. The number of hydrogen-bond acceptors (Lipinski definition) is 2. The fourth-order valence-corrected chi connectivity index (χ4v) is 2.64. The molecule has 0 aromatic heterocycles. The van der Waals surface area contributed by atoms with Crippen LogP contribution in [0.15, 0.2) is 18.2 Å². The van der Waals surface area contributed by atoms with Gasteiger partial charge >= 0.3 is 0 Å². The molecule has 0 unspecified atom stereocenters. The highest BCUT2D eigenvalue weighted by molar-refractivity contribution is 5.96. The Morgan fingerprint density at radius 1 is 1.39 bits per heavy atom. The molecule has 1 fully saturated rings.